The van der Waals surface area contributed by atoms with Gasteiger partial charge in [-0.05, 0) is 86.7 Å². The summed E-state index contributed by atoms with van der Waals surface area (Å²) in [4.78, 5) is 7.21. The van der Waals surface area contributed by atoms with Gasteiger partial charge in [0, 0.05) is 40.9 Å². The van der Waals surface area contributed by atoms with E-state index in [9.17, 15) is 0 Å². The Morgan fingerprint density at radius 2 is 1.75 bits per heavy atom. The minimum absolute atomic E-state index is 0.136. The lowest BCUT2D eigenvalue weighted by atomic mass is 9.79. The third-order valence-corrected chi connectivity index (χ3v) is 6.56. The maximum absolute atomic E-state index is 6.72. The van der Waals surface area contributed by atoms with E-state index >= 15 is 0 Å². The summed E-state index contributed by atoms with van der Waals surface area (Å²) in [6.07, 6.45) is 4.14. The molecular weight excluding hydrogens is 414 g/mol. The first-order valence-electron chi connectivity index (χ1n) is 11.4. The van der Waals surface area contributed by atoms with E-state index in [1.807, 2.05) is 60.8 Å². The van der Waals surface area contributed by atoms with E-state index in [1.165, 1.54) is 11.3 Å². The second-order valence-electron chi connectivity index (χ2n) is 9.30. The summed E-state index contributed by atoms with van der Waals surface area (Å²) in [5, 5.41) is 4.15. The topological polar surface area (TPSA) is 27.6 Å². The minimum atomic E-state index is 0.136. The molecule has 4 heteroatoms. The van der Waals surface area contributed by atoms with E-state index in [1.54, 1.807) is 0 Å². The van der Waals surface area contributed by atoms with Crippen molar-refractivity contribution >= 4 is 40.6 Å². The van der Waals surface area contributed by atoms with Crippen LogP contribution in [0.2, 0.25) is 5.02 Å². The lowest BCUT2D eigenvalue weighted by molar-refractivity contribution is 0.376. The first-order chi connectivity index (χ1) is 15.4. The van der Waals surface area contributed by atoms with Crippen molar-refractivity contribution in [1.29, 1.82) is 0 Å². The van der Waals surface area contributed by atoms with Crippen molar-refractivity contribution in [3.8, 4) is 0 Å². The SMILES string of the molecule is CCCN1c2cc(Cl)c(C=Nc3ccc(Nc4ccccc4)cc3)cc2C(C)CC1(C)C. The Labute approximate surface area is 197 Å². The number of aliphatic imine (C=N–C) groups is 1. The van der Waals surface area contributed by atoms with Gasteiger partial charge in [-0.3, -0.25) is 4.99 Å². The van der Waals surface area contributed by atoms with Gasteiger partial charge in [0.2, 0.25) is 0 Å². The lowest BCUT2D eigenvalue weighted by Crippen LogP contribution is -2.48. The number of para-hydroxylation sites is 1. The molecule has 32 heavy (non-hydrogen) atoms. The van der Waals surface area contributed by atoms with Crippen molar-refractivity contribution in [1.82, 2.24) is 0 Å². The Morgan fingerprint density at radius 1 is 1.06 bits per heavy atom. The normalized spacial score (nSPS) is 17.4. The molecular formula is C28H32ClN3. The number of benzene rings is 3. The number of halogens is 1. The van der Waals surface area contributed by atoms with Crippen molar-refractivity contribution in [2.45, 2.75) is 52.0 Å². The maximum atomic E-state index is 6.72. The molecule has 0 radical (unpaired) electrons. The van der Waals surface area contributed by atoms with E-state index in [0.29, 0.717) is 5.92 Å². The molecule has 0 saturated heterocycles. The highest BCUT2D eigenvalue weighted by atomic mass is 35.5. The van der Waals surface area contributed by atoms with Gasteiger partial charge in [0.05, 0.1) is 10.7 Å². The third-order valence-electron chi connectivity index (χ3n) is 6.23. The Kier molecular flexibility index (Phi) is 6.57. The third kappa shape index (κ3) is 4.83. The molecule has 4 rings (SSSR count). The van der Waals surface area contributed by atoms with Gasteiger partial charge in [-0.2, -0.15) is 0 Å². The van der Waals surface area contributed by atoms with E-state index < -0.39 is 0 Å². The minimum Gasteiger partial charge on any atom is -0.366 e. The van der Waals surface area contributed by atoms with Crippen LogP contribution in [0, 0.1) is 0 Å². The van der Waals surface area contributed by atoms with Gasteiger partial charge < -0.3 is 10.2 Å². The average Bonchev–Trinajstić information content (AvgIpc) is 2.77. The summed E-state index contributed by atoms with van der Waals surface area (Å²) in [6, 6.07) is 22.6. The highest BCUT2D eigenvalue weighted by Crippen LogP contribution is 2.45. The predicted octanol–water partition coefficient (Wildman–Crippen LogP) is 8.34. The van der Waals surface area contributed by atoms with Crippen LogP contribution in [0.3, 0.4) is 0 Å². The van der Waals surface area contributed by atoms with Gasteiger partial charge >= 0.3 is 0 Å². The first-order valence-corrected chi connectivity index (χ1v) is 11.8. The van der Waals surface area contributed by atoms with Crippen LogP contribution in [-0.2, 0) is 0 Å². The van der Waals surface area contributed by atoms with Gasteiger partial charge in [0.15, 0.2) is 0 Å². The molecule has 3 nitrogen and oxygen atoms in total. The van der Waals surface area contributed by atoms with E-state index in [-0.39, 0.29) is 5.54 Å². The van der Waals surface area contributed by atoms with Crippen LogP contribution >= 0.6 is 11.6 Å². The maximum Gasteiger partial charge on any atom is 0.0631 e. The van der Waals surface area contributed by atoms with Crippen molar-refractivity contribution < 1.29 is 0 Å². The molecule has 1 aliphatic rings. The molecule has 1 unspecified atom stereocenters. The Bertz CT molecular complexity index is 1090. The summed E-state index contributed by atoms with van der Waals surface area (Å²) in [7, 11) is 0. The number of rotatable bonds is 6. The van der Waals surface area contributed by atoms with Crippen LogP contribution in [0.25, 0.3) is 0 Å². The van der Waals surface area contributed by atoms with E-state index in [0.717, 1.165) is 47.0 Å². The summed E-state index contributed by atoms with van der Waals surface area (Å²) >= 11 is 6.72. The summed E-state index contributed by atoms with van der Waals surface area (Å²) in [5.74, 6) is 0.487. The number of nitrogens with one attached hydrogen (secondary N) is 1. The highest BCUT2D eigenvalue weighted by Gasteiger charge is 2.36. The van der Waals surface area contributed by atoms with E-state index in [4.69, 9.17) is 16.6 Å². The molecule has 0 aromatic heterocycles. The fourth-order valence-electron chi connectivity index (χ4n) is 4.73. The second-order valence-corrected chi connectivity index (χ2v) is 9.71. The van der Waals surface area contributed by atoms with Crippen molar-refractivity contribution in [3.05, 3.63) is 82.9 Å². The van der Waals surface area contributed by atoms with Gasteiger partial charge in [-0.1, -0.05) is 43.6 Å². The fraction of sp³-hybridized carbons (Fsp3) is 0.321. The van der Waals surface area contributed by atoms with Gasteiger partial charge in [-0.25, -0.2) is 0 Å². The largest absolute Gasteiger partial charge is 0.366 e. The molecule has 1 atom stereocenters. The Balaban J connectivity index is 1.55. The number of fused-ring (bicyclic) bond motifs is 1. The van der Waals surface area contributed by atoms with Crippen molar-refractivity contribution in [2.24, 2.45) is 4.99 Å². The quantitative estimate of drug-likeness (QED) is 0.386. The number of hydrogen-bond donors (Lipinski definition) is 1. The summed E-state index contributed by atoms with van der Waals surface area (Å²) in [6.45, 7) is 10.3. The highest BCUT2D eigenvalue weighted by molar-refractivity contribution is 6.33. The number of anilines is 3. The van der Waals surface area contributed by atoms with Crippen LogP contribution in [-0.4, -0.2) is 18.3 Å². The predicted molar refractivity (Wildman–Crippen MR) is 140 cm³/mol. The standard InChI is InChI=1S/C28H32ClN3/c1-5-15-32-27-17-26(29)21(16-25(27)20(2)18-28(32,3)4)19-30-22-11-13-24(14-12-22)31-23-9-7-6-8-10-23/h6-14,16-17,19-20,31H,5,15,18H2,1-4H3. The fourth-order valence-corrected chi connectivity index (χ4v) is 4.94. The van der Waals surface area contributed by atoms with Crippen LogP contribution < -0.4 is 10.2 Å². The zero-order valence-electron chi connectivity index (χ0n) is 19.4. The molecule has 1 aliphatic heterocycles. The molecule has 166 valence electrons. The molecule has 0 aliphatic carbocycles. The molecule has 0 fully saturated rings. The molecule has 1 heterocycles. The Morgan fingerprint density at radius 3 is 2.44 bits per heavy atom. The van der Waals surface area contributed by atoms with Crippen LogP contribution in [0.4, 0.5) is 22.7 Å². The number of nitrogens with zero attached hydrogens (tertiary/aromatic N) is 2. The average molecular weight is 446 g/mol. The van der Waals surface area contributed by atoms with Crippen LogP contribution in [0.15, 0.2) is 71.7 Å². The molecule has 0 bridgehead atoms. The van der Waals surface area contributed by atoms with Gasteiger partial charge in [0.25, 0.3) is 0 Å². The molecule has 0 amide bonds. The zero-order chi connectivity index (χ0) is 22.7. The van der Waals surface area contributed by atoms with Gasteiger partial charge in [0.1, 0.15) is 0 Å². The molecule has 0 saturated carbocycles. The zero-order valence-corrected chi connectivity index (χ0v) is 20.2. The van der Waals surface area contributed by atoms with Crippen LogP contribution in [0.5, 0.6) is 0 Å². The molecule has 1 N–H and O–H groups in total. The second kappa shape index (κ2) is 9.38. The summed E-state index contributed by atoms with van der Waals surface area (Å²) in [5.41, 5.74) is 6.75. The number of hydrogen-bond acceptors (Lipinski definition) is 3. The van der Waals surface area contributed by atoms with E-state index in [2.05, 4.69) is 50.0 Å². The molecule has 3 aromatic carbocycles. The van der Waals surface area contributed by atoms with Crippen LogP contribution in [0.1, 0.15) is 57.6 Å². The smallest absolute Gasteiger partial charge is 0.0631 e. The first kappa shape index (κ1) is 22.4. The van der Waals surface area contributed by atoms with Crippen molar-refractivity contribution in [3.63, 3.8) is 0 Å². The molecule has 3 aromatic rings. The van der Waals surface area contributed by atoms with Crippen molar-refractivity contribution in [2.75, 3.05) is 16.8 Å². The van der Waals surface area contributed by atoms with Gasteiger partial charge in [-0.15, -0.1) is 0 Å². The molecule has 0 spiro atoms. The lowest BCUT2D eigenvalue weighted by Gasteiger charge is -2.47. The summed E-state index contributed by atoms with van der Waals surface area (Å²) < 4.78 is 0. The monoisotopic (exact) mass is 445 g/mol. The Hall–Kier alpha value is -2.78.